The quantitative estimate of drug-likeness (QED) is 0.507. The zero-order chi connectivity index (χ0) is 20.4. The van der Waals surface area contributed by atoms with Crippen molar-refractivity contribution in [1.82, 2.24) is 10.2 Å². The molecule has 0 fully saturated rings. The number of fused-ring (bicyclic) bond motifs is 1. The van der Waals surface area contributed by atoms with Gasteiger partial charge in [-0.2, -0.15) is 5.10 Å². The van der Waals surface area contributed by atoms with Crippen LogP contribution in [0, 0.1) is 0 Å². The van der Waals surface area contributed by atoms with Crippen LogP contribution < -0.4 is 10.2 Å². The number of carbonyl (C=O) groups excluding carboxylic acids is 2. The van der Waals surface area contributed by atoms with Crippen molar-refractivity contribution in [2.75, 3.05) is 10.2 Å². The first-order chi connectivity index (χ1) is 14.0. The van der Waals surface area contributed by atoms with Gasteiger partial charge in [0, 0.05) is 23.1 Å². The Morgan fingerprint density at radius 2 is 1.90 bits per heavy atom. The van der Waals surface area contributed by atoms with Gasteiger partial charge in [-0.1, -0.05) is 36.4 Å². The summed E-state index contributed by atoms with van der Waals surface area (Å²) in [5.74, 6) is -0.0881. The number of hydrogen-bond acceptors (Lipinski definition) is 4. The lowest BCUT2D eigenvalue weighted by atomic mass is 10.1. The van der Waals surface area contributed by atoms with Crippen LogP contribution in [0.2, 0.25) is 0 Å². The molecule has 29 heavy (non-hydrogen) atoms. The second-order valence-electron chi connectivity index (χ2n) is 6.70. The van der Waals surface area contributed by atoms with Gasteiger partial charge in [-0.05, 0) is 36.1 Å². The zero-order valence-corrected chi connectivity index (χ0v) is 16.9. The number of anilines is 2. The molecule has 146 valence electrons. The van der Waals surface area contributed by atoms with E-state index < -0.39 is 6.04 Å². The van der Waals surface area contributed by atoms with Gasteiger partial charge in [0.15, 0.2) is 5.82 Å². The van der Waals surface area contributed by atoms with E-state index in [1.807, 2.05) is 60.0 Å². The van der Waals surface area contributed by atoms with E-state index in [1.165, 1.54) is 11.8 Å². The Hall–Kier alpha value is -3.45. The number of amides is 2. The van der Waals surface area contributed by atoms with Gasteiger partial charge in [-0.25, -0.2) is 0 Å². The average molecular weight is 404 g/mol. The van der Waals surface area contributed by atoms with Crippen molar-refractivity contribution in [3.05, 3.63) is 66.0 Å². The second kappa shape index (κ2) is 7.89. The average Bonchev–Trinajstić information content (AvgIpc) is 3.38. The number of H-pyrrole nitrogens is 1. The number of nitrogens with zero attached hydrogens (tertiary/aromatic N) is 2. The first-order valence-electron chi connectivity index (χ1n) is 9.22. The Morgan fingerprint density at radius 3 is 2.66 bits per heavy atom. The summed E-state index contributed by atoms with van der Waals surface area (Å²) in [4.78, 5) is 26.8. The third-order valence-corrected chi connectivity index (χ3v) is 5.63. The van der Waals surface area contributed by atoms with Gasteiger partial charge >= 0.3 is 0 Å². The van der Waals surface area contributed by atoms with Crippen molar-refractivity contribution < 1.29 is 9.59 Å². The van der Waals surface area contributed by atoms with Gasteiger partial charge in [-0.15, -0.1) is 11.3 Å². The number of aromatic nitrogens is 2. The molecule has 1 atom stereocenters. The third-order valence-electron chi connectivity index (χ3n) is 4.75. The molecule has 2 heterocycles. The minimum Gasteiger partial charge on any atom is -0.307 e. The Kier molecular flexibility index (Phi) is 5.14. The summed E-state index contributed by atoms with van der Waals surface area (Å²) in [6.45, 7) is 3.18. The summed E-state index contributed by atoms with van der Waals surface area (Å²) in [7, 11) is 0. The van der Waals surface area contributed by atoms with Gasteiger partial charge in [-0.3, -0.25) is 19.6 Å². The molecule has 0 bridgehead atoms. The first kappa shape index (κ1) is 18.9. The maximum atomic E-state index is 12.9. The predicted molar refractivity (Wildman–Crippen MR) is 117 cm³/mol. The molecule has 2 aromatic carbocycles. The molecule has 0 aliphatic heterocycles. The number of hydrogen-bond donors (Lipinski definition) is 2. The van der Waals surface area contributed by atoms with Crippen LogP contribution in [0.4, 0.5) is 11.5 Å². The second-order valence-corrected chi connectivity index (χ2v) is 7.64. The van der Waals surface area contributed by atoms with Crippen molar-refractivity contribution >= 4 is 44.7 Å². The maximum Gasteiger partial charge on any atom is 0.248 e. The normalized spacial score (nSPS) is 11.9. The van der Waals surface area contributed by atoms with Crippen LogP contribution >= 0.6 is 11.3 Å². The van der Waals surface area contributed by atoms with Crippen LogP contribution in [0.15, 0.2) is 66.0 Å². The molecular formula is C22H20N4O2S. The maximum absolute atomic E-state index is 12.9. The Balaban J connectivity index is 1.57. The molecule has 4 aromatic rings. The summed E-state index contributed by atoms with van der Waals surface area (Å²) in [5, 5.41) is 12.8. The highest BCUT2D eigenvalue weighted by Gasteiger charge is 2.27. The molecule has 2 amide bonds. The highest BCUT2D eigenvalue weighted by atomic mass is 32.1. The van der Waals surface area contributed by atoms with Crippen LogP contribution in [0.25, 0.3) is 21.3 Å². The van der Waals surface area contributed by atoms with Crippen LogP contribution in [-0.4, -0.2) is 28.1 Å². The summed E-state index contributed by atoms with van der Waals surface area (Å²) in [6.07, 6.45) is 0. The Labute approximate surface area is 172 Å². The lowest BCUT2D eigenvalue weighted by Crippen LogP contribution is -2.45. The molecule has 2 N–H and O–H groups in total. The number of nitrogens with one attached hydrogen (secondary N) is 2. The van der Waals surface area contributed by atoms with Crippen molar-refractivity contribution in [1.29, 1.82) is 0 Å². The van der Waals surface area contributed by atoms with Crippen molar-refractivity contribution in [2.45, 2.75) is 19.9 Å². The molecule has 7 heteroatoms. The molecule has 0 radical (unpaired) electrons. The van der Waals surface area contributed by atoms with E-state index in [0.29, 0.717) is 5.82 Å². The Morgan fingerprint density at radius 1 is 1.10 bits per heavy atom. The lowest BCUT2D eigenvalue weighted by molar-refractivity contribution is -0.122. The largest absolute Gasteiger partial charge is 0.307 e. The fourth-order valence-corrected chi connectivity index (χ4v) is 4.15. The summed E-state index contributed by atoms with van der Waals surface area (Å²) < 4.78 is 1.07. The van der Waals surface area contributed by atoms with E-state index in [2.05, 4.69) is 15.5 Å². The molecule has 6 nitrogen and oxygen atoms in total. The first-order valence-corrected chi connectivity index (χ1v) is 10.1. The summed E-state index contributed by atoms with van der Waals surface area (Å²) >= 11 is 1.60. The van der Waals surface area contributed by atoms with Crippen LogP contribution in [-0.2, 0) is 9.59 Å². The smallest absolute Gasteiger partial charge is 0.248 e. The summed E-state index contributed by atoms with van der Waals surface area (Å²) in [6, 6.07) is 18.5. The van der Waals surface area contributed by atoms with Crippen molar-refractivity contribution in [3.8, 4) is 11.3 Å². The predicted octanol–water partition coefficient (Wildman–Crippen LogP) is 4.67. The molecule has 0 aliphatic carbocycles. The van der Waals surface area contributed by atoms with E-state index in [0.717, 1.165) is 27.0 Å². The molecule has 4 rings (SSSR count). The minimum atomic E-state index is -0.699. The number of benzene rings is 2. The number of aromatic amines is 1. The molecule has 0 aliphatic rings. The van der Waals surface area contributed by atoms with Crippen LogP contribution in [0.5, 0.6) is 0 Å². The highest BCUT2D eigenvalue weighted by Crippen LogP contribution is 2.32. The van der Waals surface area contributed by atoms with Gasteiger partial charge < -0.3 is 5.32 Å². The van der Waals surface area contributed by atoms with E-state index in [-0.39, 0.29) is 11.8 Å². The topological polar surface area (TPSA) is 78.1 Å². The van der Waals surface area contributed by atoms with E-state index in [4.69, 9.17) is 0 Å². The van der Waals surface area contributed by atoms with E-state index >= 15 is 0 Å². The molecule has 1 unspecified atom stereocenters. The van der Waals surface area contributed by atoms with Crippen molar-refractivity contribution in [2.24, 2.45) is 0 Å². The van der Waals surface area contributed by atoms with Gasteiger partial charge in [0.2, 0.25) is 11.8 Å². The van der Waals surface area contributed by atoms with Gasteiger partial charge in [0.05, 0.1) is 11.4 Å². The fourth-order valence-electron chi connectivity index (χ4n) is 3.34. The molecule has 2 aromatic heterocycles. The number of rotatable bonds is 5. The monoisotopic (exact) mass is 404 g/mol. The van der Waals surface area contributed by atoms with E-state index in [9.17, 15) is 9.59 Å². The zero-order valence-electron chi connectivity index (χ0n) is 16.0. The third kappa shape index (κ3) is 3.77. The van der Waals surface area contributed by atoms with Crippen LogP contribution in [0.1, 0.15) is 13.8 Å². The van der Waals surface area contributed by atoms with Crippen molar-refractivity contribution in [3.63, 3.8) is 0 Å². The van der Waals surface area contributed by atoms with Crippen LogP contribution in [0.3, 0.4) is 0 Å². The lowest BCUT2D eigenvalue weighted by Gasteiger charge is -2.27. The standard InChI is InChI=1S/C22H20N4O2S/c1-14(26(15(2)27)19-9-6-10-20-17(19)11-12-29-20)22(28)23-21-13-18(24-25-21)16-7-4-3-5-8-16/h3-14H,1-2H3,(H2,23,24,25,28). The fraction of sp³-hybridized carbons (Fsp3) is 0.136. The molecule has 0 saturated heterocycles. The van der Waals surface area contributed by atoms with Gasteiger partial charge in [0.25, 0.3) is 0 Å². The van der Waals surface area contributed by atoms with E-state index in [1.54, 1.807) is 24.3 Å². The Bertz CT molecular complexity index is 1170. The summed E-state index contributed by atoms with van der Waals surface area (Å²) in [5.41, 5.74) is 2.51. The molecule has 0 spiro atoms. The SMILES string of the molecule is CC(=O)N(c1cccc2sccc12)C(C)C(=O)Nc1cc(-c2ccccc2)[nH]n1. The minimum absolute atomic E-state index is 0.196. The van der Waals surface area contributed by atoms with Gasteiger partial charge in [0.1, 0.15) is 6.04 Å². The molecular weight excluding hydrogens is 384 g/mol. The number of thiophene rings is 1. The molecule has 0 saturated carbocycles. The number of carbonyl (C=O) groups is 2. The highest BCUT2D eigenvalue weighted by molar-refractivity contribution is 7.17.